The number of benzene rings is 1. The highest BCUT2D eigenvalue weighted by molar-refractivity contribution is 9.09. The highest BCUT2D eigenvalue weighted by Crippen LogP contribution is 2.45. The quantitative estimate of drug-likeness (QED) is 0.651. The predicted octanol–water partition coefficient (Wildman–Crippen LogP) is 5.46. The maximum absolute atomic E-state index is 3.94. The third kappa shape index (κ3) is 3.38. The molecule has 1 aliphatic rings. The Morgan fingerprint density at radius 1 is 1.17 bits per heavy atom. The fourth-order valence-corrected chi connectivity index (χ4v) is 5.06. The number of rotatable bonds is 3. The molecule has 18 heavy (non-hydrogen) atoms. The van der Waals surface area contributed by atoms with E-state index in [1.807, 2.05) is 0 Å². The lowest BCUT2D eigenvalue weighted by atomic mass is 9.66. The van der Waals surface area contributed by atoms with Crippen LogP contribution in [0.2, 0.25) is 0 Å². The van der Waals surface area contributed by atoms with Crippen LogP contribution in [-0.2, 0) is 6.42 Å². The minimum absolute atomic E-state index is 0.385. The second-order valence-corrected chi connectivity index (χ2v) is 7.87. The molecule has 0 bridgehead atoms. The molecule has 1 aromatic carbocycles. The molecular weight excluding hydrogens is 284 g/mol. The topological polar surface area (TPSA) is 0 Å². The van der Waals surface area contributed by atoms with Crippen LogP contribution in [0.5, 0.6) is 0 Å². The van der Waals surface area contributed by atoms with Crippen LogP contribution in [-0.4, -0.2) is 4.83 Å². The van der Waals surface area contributed by atoms with Crippen LogP contribution in [0.15, 0.2) is 30.3 Å². The smallest absolute Gasteiger partial charge is 0.0181 e. The van der Waals surface area contributed by atoms with Crippen molar-refractivity contribution in [1.82, 2.24) is 0 Å². The Hall–Kier alpha value is -0.300. The van der Waals surface area contributed by atoms with E-state index in [9.17, 15) is 0 Å². The van der Waals surface area contributed by atoms with E-state index in [1.165, 1.54) is 31.2 Å². The number of hydrogen-bond acceptors (Lipinski definition) is 0. The first-order valence-electron chi connectivity index (χ1n) is 7.17. The molecule has 2 rings (SSSR count). The first-order valence-corrected chi connectivity index (χ1v) is 8.08. The Morgan fingerprint density at radius 2 is 1.83 bits per heavy atom. The lowest BCUT2D eigenvalue weighted by molar-refractivity contribution is 0.147. The lowest BCUT2D eigenvalue weighted by Crippen LogP contribution is -2.37. The monoisotopic (exact) mass is 308 g/mol. The summed E-state index contributed by atoms with van der Waals surface area (Å²) in [5, 5.41) is 0. The molecule has 100 valence electrons. The molecule has 0 amide bonds. The van der Waals surface area contributed by atoms with Crippen molar-refractivity contribution in [3.63, 3.8) is 0 Å². The van der Waals surface area contributed by atoms with Gasteiger partial charge < -0.3 is 0 Å². The molecule has 0 N–H and O–H groups in total. The van der Waals surface area contributed by atoms with E-state index >= 15 is 0 Å². The maximum Gasteiger partial charge on any atom is 0.0181 e. The van der Waals surface area contributed by atoms with E-state index in [2.05, 4.69) is 67.0 Å². The predicted molar refractivity (Wildman–Crippen MR) is 83.1 cm³/mol. The second-order valence-electron chi connectivity index (χ2n) is 6.69. The summed E-state index contributed by atoms with van der Waals surface area (Å²) in [6.07, 6.45) is 5.29. The maximum atomic E-state index is 3.94. The second kappa shape index (κ2) is 5.77. The molecule has 3 atom stereocenters. The molecule has 0 heterocycles. The standard InChI is InChI=1S/C17H25Br/c1-13-9-10-15(16(18)11-13)17(2,3)12-14-7-5-4-6-8-14/h4-8,13,15-16H,9-12H2,1-3H3. The van der Waals surface area contributed by atoms with Crippen LogP contribution in [0.4, 0.5) is 0 Å². The minimum atomic E-state index is 0.385. The molecule has 1 heteroatoms. The van der Waals surface area contributed by atoms with Crippen molar-refractivity contribution in [3.8, 4) is 0 Å². The molecule has 0 saturated heterocycles. The van der Waals surface area contributed by atoms with E-state index in [0.717, 1.165) is 11.8 Å². The van der Waals surface area contributed by atoms with E-state index in [4.69, 9.17) is 0 Å². The van der Waals surface area contributed by atoms with Crippen LogP contribution < -0.4 is 0 Å². The Balaban J connectivity index is 2.06. The number of hydrogen-bond donors (Lipinski definition) is 0. The normalized spacial score (nSPS) is 29.2. The summed E-state index contributed by atoms with van der Waals surface area (Å²) in [5.41, 5.74) is 1.86. The van der Waals surface area contributed by atoms with Crippen LogP contribution in [0.1, 0.15) is 45.6 Å². The summed E-state index contributed by atoms with van der Waals surface area (Å²) < 4.78 is 0. The van der Waals surface area contributed by atoms with Gasteiger partial charge in [-0.2, -0.15) is 0 Å². The van der Waals surface area contributed by atoms with Gasteiger partial charge in [0.15, 0.2) is 0 Å². The van der Waals surface area contributed by atoms with Gasteiger partial charge in [-0.05, 0) is 42.1 Å². The average molecular weight is 309 g/mol. The molecule has 1 aromatic rings. The van der Waals surface area contributed by atoms with Gasteiger partial charge in [-0.3, -0.25) is 0 Å². The van der Waals surface area contributed by atoms with Gasteiger partial charge in [0, 0.05) is 4.83 Å². The van der Waals surface area contributed by atoms with Gasteiger partial charge in [-0.1, -0.05) is 73.5 Å². The van der Waals surface area contributed by atoms with Crippen LogP contribution in [0.3, 0.4) is 0 Å². The summed E-state index contributed by atoms with van der Waals surface area (Å²) in [5.74, 6) is 1.69. The van der Waals surface area contributed by atoms with Gasteiger partial charge in [0.1, 0.15) is 0 Å². The SMILES string of the molecule is CC1CCC(C(C)(C)Cc2ccccc2)C(Br)C1. The van der Waals surface area contributed by atoms with E-state index in [0.29, 0.717) is 10.2 Å². The van der Waals surface area contributed by atoms with Gasteiger partial charge in [-0.25, -0.2) is 0 Å². The Kier molecular flexibility index (Phi) is 4.53. The zero-order valence-corrected chi connectivity index (χ0v) is 13.4. The molecule has 1 saturated carbocycles. The van der Waals surface area contributed by atoms with Gasteiger partial charge >= 0.3 is 0 Å². The van der Waals surface area contributed by atoms with Crippen LogP contribution in [0.25, 0.3) is 0 Å². The van der Waals surface area contributed by atoms with Crippen molar-refractivity contribution < 1.29 is 0 Å². The van der Waals surface area contributed by atoms with Crippen molar-refractivity contribution in [2.75, 3.05) is 0 Å². The van der Waals surface area contributed by atoms with Crippen molar-refractivity contribution >= 4 is 15.9 Å². The highest BCUT2D eigenvalue weighted by Gasteiger charge is 2.37. The Bertz CT molecular complexity index is 368. The zero-order valence-electron chi connectivity index (χ0n) is 11.8. The van der Waals surface area contributed by atoms with Crippen molar-refractivity contribution in [3.05, 3.63) is 35.9 Å². The van der Waals surface area contributed by atoms with Gasteiger partial charge in [0.05, 0.1) is 0 Å². The third-order valence-electron chi connectivity index (χ3n) is 4.54. The summed E-state index contributed by atoms with van der Waals surface area (Å²) >= 11 is 3.94. The molecule has 0 aromatic heterocycles. The largest absolute Gasteiger partial charge is 0.0887 e. The van der Waals surface area contributed by atoms with Crippen LogP contribution >= 0.6 is 15.9 Å². The fraction of sp³-hybridized carbons (Fsp3) is 0.647. The molecule has 3 unspecified atom stereocenters. The summed E-state index contributed by atoms with van der Waals surface area (Å²) in [6, 6.07) is 10.9. The lowest BCUT2D eigenvalue weighted by Gasteiger charge is -2.42. The molecule has 1 fully saturated rings. The molecule has 0 spiro atoms. The summed E-state index contributed by atoms with van der Waals surface area (Å²) in [4.78, 5) is 0.694. The van der Waals surface area contributed by atoms with E-state index in [-0.39, 0.29) is 0 Å². The zero-order chi connectivity index (χ0) is 13.2. The molecule has 0 nitrogen and oxygen atoms in total. The van der Waals surface area contributed by atoms with E-state index in [1.54, 1.807) is 0 Å². The average Bonchev–Trinajstić information content (AvgIpc) is 2.29. The van der Waals surface area contributed by atoms with E-state index < -0.39 is 0 Å². The van der Waals surface area contributed by atoms with Gasteiger partial charge in [0.25, 0.3) is 0 Å². The Labute approximate surface area is 120 Å². The van der Waals surface area contributed by atoms with Crippen molar-refractivity contribution in [2.45, 2.75) is 51.3 Å². The van der Waals surface area contributed by atoms with Crippen molar-refractivity contribution in [1.29, 1.82) is 0 Å². The molecule has 0 radical (unpaired) electrons. The fourth-order valence-electron chi connectivity index (χ4n) is 3.44. The summed E-state index contributed by atoms with van der Waals surface area (Å²) in [7, 11) is 0. The number of halogens is 1. The third-order valence-corrected chi connectivity index (χ3v) is 5.55. The molecule has 0 aliphatic heterocycles. The first kappa shape index (κ1) is 14.1. The molecular formula is C17H25Br. The van der Waals surface area contributed by atoms with Gasteiger partial charge in [-0.15, -0.1) is 0 Å². The van der Waals surface area contributed by atoms with Gasteiger partial charge in [0.2, 0.25) is 0 Å². The number of alkyl halides is 1. The Morgan fingerprint density at radius 3 is 2.44 bits per heavy atom. The summed E-state index contributed by atoms with van der Waals surface area (Å²) in [6.45, 7) is 7.26. The minimum Gasteiger partial charge on any atom is -0.0887 e. The van der Waals surface area contributed by atoms with Crippen LogP contribution in [0, 0.1) is 17.3 Å². The first-order chi connectivity index (χ1) is 8.49. The molecule has 1 aliphatic carbocycles. The highest BCUT2D eigenvalue weighted by atomic mass is 79.9. The van der Waals surface area contributed by atoms with Crippen molar-refractivity contribution in [2.24, 2.45) is 17.3 Å².